The van der Waals surface area contributed by atoms with Crippen LogP contribution < -0.4 is 29.6 Å². The van der Waals surface area contributed by atoms with Gasteiger partial charge in [0.1, 0.15) is 35.1 Å². The smallest absolute Gasteiger partial charge is 0.408 e. The lowest BCUT2D eigenvalue weighted by Crippen LogP contribution is -2.59. The maximum absolute atomic E-state index is 15.1. The highest BCUT2D eigenvalue weighted by molar-refractivity contribution is 7.91. The fourth-order valence-corrected chi connectivity index (χ4v) is 10.0. The van der Waals surface area contributed by atoms with Crippen LogP contribution in [0.25, 0.3) is 21.9 Å². The average Bonchev–Trinajstić information content (AvgIpc) is 4.12. The second-order valence-electron chi connectivity index (χ2n) is 18.8. The quantitative estimate of drug-likeness (QED) is 0.206. The Bertz CT molecular complexity index is 2380. The molecule has 1 saturated heterocycles. The number of aromatic nitrogens is 2. The standard InChI is InChI=1S/C46H60N6O10S/c1-9-28-20-27(2)12-10-11-13-30-23-46(30,42(55)51-63(57,58)45(6)18-19-45)50-39(53)36-22-32(26-52(36)41(54)38(28)49-43(56)62-44(3,4)5)61-40-33-16-15-31(59-7)21-34(33)35(25-48-40)29-14-17-37(60-8)47-24-29/h11,13-17,21,24-25,27-28,30,32,36,38H,9-10,12,18-20,22-23,26H2,1-8H3,(H,49,56)(H,50,53)(H,51,55). The number of methoxy groups -OCH3 is 2. The molecular weight excluding hydrogens is 829 g/mol. The van der Waals surface area contributed by atoms with Crippen molar-refractivity contribution >= 4 is 44.6 Å². The Morgan fingerprint density at radius 3 is 2.43 bits per heavy atom. The van der Waals surface area contributed by atoms with E-state index in [9.17, 15) is 22.8 Å². The predicted octanol–water partition coefficient (Wildman–Crippen LogP) is 5.83. The van der Waals surface area contributed by atoms with E-state index in [4.69, 9.17) is 23.9 Å². The van der Waals surface area contributed by atoms with Gasteiger partial charge in [-0.25, -0.2) is 23.2 Å². The van der Waals surface area contributed by atoms with Gasteiger partial charge < -0.3 is 34.5 Å². The first-order valence-corrected chi connectivity index (χ1v) is 23.3. The van der Waals surface area contributed by atoms with Crippen molar-refractivity contribution in [2.75, 3.05) is 20.8 Å². The zero-order valence-electron chi connectivity index (χ0n) is 37.4. The predicted molar refractivity (Wildman–Crippen MR) is 235 cm³/mol. The number of hydrogen-bond donors (Lipinski definition) is 3. The number of hydrogen-bond acceptors (Lipinski definition) is 12. The molecule has 1 aromatic carbocycles. The van der Waals surface area contributed by atoms with E-state index in [1.807, 2.05) is 37.3 Å². The molecule has 3 N–H and O–H groups in total. The first-order chi connectivity index (χ1) is 29.8. The van der Waals surface area contributed by atoms with Crippen LogP contribution in [0.3, 0.4) is 0 Å². The minimum absolute atomic E-state index is 0.00196. The molecule has 4 aliphatic rings. The molecule has 0 spiro atoms. The van der Waals surface area contributed by atoms with Crippen molar-refractivity contribution < 1.29 is 46.5 Å². The van der Waals surface area contributed by atoms with Crippen LogP contribution in [-0.2, 0) is 29.1 Å². The van der Waals surface area contributed by atoms with Crippen molar-refractivity contribution in [1.29, 1.82) is 0 Å². The van der Waals surface area contributed by atoms with Crippen LogP contribution in [0.15, 0.2) is 54.9 Å². The molecule has 2 aliphatic heterocycles. The number of fused-ring (bicyclic) bond motifs is 3. The summed E-state index contributed by atoms with van der Waals surface area (Å²) in [6.07, 6.45) is 9.26. The Balaban J connectivity index is 1.26. The molecule has 2 saturated carbocycles. The molecule has 17 heteroatoms. The summed E-state index contributed by atoms with van der Waals surface area (Å²) >= 11 is 0. The molecule has 0 radical (unpaired) electrons. The molecule has 16 nitrogen and oxygen atoms in total. The molecule has 63 heavy (non-hydrogen) atoms. The van der Waals surface area contributed by atoms with Gasteiger partial charge in [0.05, 0.1) is 25.5 Å². The average molecular weight is 889 g/mol. The Morgan fingerprint density at radius 2 is 1.78 bits per heavy atom. The van der Waals surface area contributed by atoms with Gasteiger partial charge in [0, 0.05) is 52.7 Å². The Kier molecular flexibility index (Phi) is 12.7. The molecular formula is C46H60N6O10S. The van der Waals surface area contributed by atoms with Crippen molar-refractivity contribution in [2.45, 2.75) is 127 Å². The van der Waals surface area contributed by atoms with Gasteiger partial charge in [0.15, 0.2) is 0 Å². The highest BCUT2D eigenvalue weighted by Gasteiger charge is 2.63. The van der Waals surface area contributed by atoms with Gasteiger partial charge in [-0.1, -0.05) is 32.4 Å². The highest BCUT2D eigenvalue weighted by atomic mass is 32.2. The van der Waals surface area contributed by atoms with Gasteiger partial charge in [0.2, 0.25) is 33.6 Å². The van der Waals surface area contributed by atoms with Gasteiger partial charge in [-0.2, -0.15) is 0 Å². The normalized spacial score (nSPS) is 27.1. The molecule has 2 aromatic heterocycles. The zero-order valence-corrected chi connectivity index (χ0v) is 38.2. The number of pyridine rings is 2. The van der Waals surface area contributed by atoms with E-state index in [2.05, 4.69) is 27.3 Å². The van der Waals surface area contributed by atoms with Crippen LogP contribution in [0.5, 0.6) is 17.5 Å². The third kappa shape index (κ3) is 9.72. The van der Waals surface area contributed by atoms with Crippen LogP contribution >= 0.6 is 0 Å². The molecule has 7 rings (SSSR count). The Hall–Kier alpha value is -5.45. The summed E-state index contributed by atoms with van der Waals surface area (Å²) in [6.45, 7) is 10.8. The summed E-state index contributed by atoms with van der Waals surface area (Å²) in [5.41, 5.74) is -0.877. The van der Waals surface area contributed by atoms with E-state index in [0.29, 0.717) is 49.1 Å². The maximum atomic E-state index is 15.1. The Morgan fingerprint density at radius 1 is 1.02 bits per heavy atom. The van der Waals surface area contributed by atoms with Crippen LogP contribution in [0, 0.1) is 17.8 Å². The first kappa shape index (κ1) is 45.6. The fourth-order valence-electron chi connectivity index (χ4n) is 8.71. The number of amides is 4. The molecule has 7 unspecified atom stereocenters. The lowest BCUT2D eigenvalue weighted by Gasteiger charge is -2.34. The summed E-state index contributed by atoms with van der Waals surface area (Å²) < 4.78 is 51.0. The second-order valence-corrected chi connectivity index (χ2v) is 21.0. The lowest BCUT2D eigenvalue weighted by atomic mass is 9.85. The van der Waals surface area contributed by atoms with E-state index in [0.717, 1.165) is 22.9 Å². The third-order valence-corrected chi connectivity index (χ3v) is 15.0. The third-order valence-electron chi connectivity index (χ3n) is 12.9. The van der Waals surface area contributed by atoms with Gasteiger partial charge >= 0.3 is 6.09 Å². The summed E-state index contributed by atoms with van der Waals surface area (Å²) in [4.78, 5) is 68.0. The largest absolute Gasteiger partial charge is 0.497 e. The number of alkyl carbamates (subject to hydrolysis) is 1. The van der Waals surface area contributed by atoms with Crippen LogP contribution in [0.4, 0.5) is 4.79 Å². The zero-order chi connectivity index (χ0) is 45.5. The van der Waals surface area contributed by atoms with Gasteiger partial charge in [0.25, 0.3) is 5.91 Å². The van der Waals surface area contributed by atoms with E-state index < -0.39 is 73.8 Å². The maximum Gasteiger partial charge on any atom is 0.408 e. The van der Waals surface area contributed by atoms with Crippen LogP contribution in [-0.4, -0.2) is 102 Å². The number of carbonyl (C=O) groups excluding carboxylic acids is 4. The number of sulfonamides is 1. The molecule has 0 bridgehead atoms. The number of nitrogens with one attached hydrogen (secondary N) is 3. The molecule has 4 amide bonds. The summed E-state index contributed by atoms with van der Waals surface area (Å²) in [5, 5.41) is 7.20. The van der Waals surface area contributed by atoms with Gasteiger partial charge in [-0.05, 0) is 102 Å². The molecule has 2 aliphatic carbocycles. The van der Waals surface area contributed by atoms with E-state index in [1.165, 1.54) is 4.90 Å². The Labute approximate surface area is 369 Å². The SMILES string of the molecule is CCC1CC(C)CCC=CC2CC2(C(=O)NS(=O)(=O)C2(C)CC2)NC(=O)C2CC(Oc3ncc(-c4ccc(OC)nc4)c4cc(OC)ccc34)CN2C(=O)C1NC(=O)OC(C)(C)C. The van der Waals surface area contributed by atoms with E-state index >= 15 is 4.79 Å². The number of nitrogens with zero attached hydrogens (tertiary/aromatic N) is 3. The second kappa shape index (κ2) is 17.6. The summed E-state index contributed by atoms with van der Waals surface area (Å²) in [7, 11) is -0.914. The van der Waals surface area contributed by atoms with Crippen molar-refractivity contribution in [1.82, 2.24) is 30.2 Å². The van der Waals surface area contributed by atoms with E-state index in [1.54, 1.807) is 66.4 Å². The summed E-state index contributed by atoms with van der Waals surface area (Å²) in [6, 6.07) is 6.87. The molecule has 3 fully saturated rings. The van der Waals surface area contributed by atoms with Crippen molar-refractivity contribution in [3.05, 3.63) is 54.9 Å². The molecule has 4 heterocycles. The lowest BCUT2D eigenvalue weighted by molar-refractivity contribution is -0.142. The van der Waals surface area contributed by atoms with Gasteiger partial charge in [-0.3, -0.25) is 19.1 Å². The number of ether oxygens (including phenoxy) is 4. The summed E-state index contributed by atoms with van der Waals surface area (Å²) in [5.74, 6) is -1.31. The number of benzene rings is 1. The molecule has 7 atom stereocenters. The first-order valence-electron chi connectivity index (χ1n) is 21.8. The molecule has 3 aromatic rings. The number of allylic oxidation sites excluding steroid dienone is 1. The van der Waals surface area contributed by atoms with Crippen LogP contribution in [0.2, 0.25) is 0 Å². The fraction of sp³-hybridized carbons (Fsp3) is 0.565. The topological polar surface area (TPSA) is 204 Å². The van der Waals surface area contributed by atoms with Crippen molar-refractivity contribution in [3.8, 4) is 28.6 Å². The highest BCUT2D eigenvalue weighted by Crippen LogP contribution is 2.48. The monoisotopic (exact) mass is 888 g/mol. The molecule has 340 valence electrons. The number of carbonyl (C=O) groups is 4. The van der Waals surface area contributed by atoms with Gasteiger partial charge in [-0.15, -0.1) is 0 Å². The van der Waals surface area contributed by atoms with Crippen molar-refractivity contribution in [2.24, 2.45) is 17.8 Å². The van der Waals surface area contributed by atoms with E-state index in [-0.39, 0.29) is 37.1 Å². The van der Waals surface area contributed by atoms with Crippen LogP contribution in [0.1, 0.15) is 92.9 Å². The number of rotatable bonds is 10. The minimum atomic E-state index is -4.03. The van der Waals surface area contributed by atoms with Crippen molar-refractivity contribution in [3.63, 3.8) is 0 Å². The minimum Gasteiger partial charge on any atom is -0.497 e.